The molecule has 1 N–H and O–H groups in total. The highest BCUT2D eigenvalue weighted by molar-refractivity contribution is 5.48. The van der Waals surface area contributed by atoms with E-state index in [9.17, 15) is 0 Å². The maximum Gasteiger partial charge on any atom is 0.121 e. The van der Waals surface area contributed by atoms with Gasteiger partial charge in [0.15, 0.2) is 0 Å². The third kappa shape index (κ3) is 5.85. The van der Waals surface area contributed by atoms with Crippen molar-refractivity contribution in [2.24, 2.45) is 0 Å². The van der Waals surface area contributed by atoms with E-state index in [0.29, 0.717) is 0 Å². The summed E-state index contributed by atoms with van der Waals surface area (Å²) in [5.41, 5.74) is 2.26. The molecule has 0 aromatic heterocycles. The van der Waals surface area contributed by atoms with Gasteiger partial charge in [-0.3, -0.25) is 0 Å². The highest BCUT2D eigenvalue weighted by Gasteiger charge is 2.02. The van der Waals surface area contributed by atoms with Gasteiger partial charge in [0.25, 0.3) is 0 Å². The van der Waals surface area contributed by atoms with E-state index in [1.165, 1.54) is 5.56 Å². The first-order valence-corrected chi connectivity index (χ1v) is 8.43. The van der Waals surface area contributed by atoms with Gasteiger partial charge in [0, 0.05) is 18.3 Å². The highest BCUT2D eigenvalue weighted by Crippen LogP contribution is 2.20. The Morgan fingerprint density at radius 2 is 1.78 bits per heavy atom. The van der Waals surface area contributed by atoms with Crippen LogP contribution in [0.5, 0.6) is 11.5 Å². The van der Waals surface area contributed by atoms with Crippen molar-refractivity contribution in [3.05, 3.63) is 54.1 Å². The number of anilines is 1. The molecule has 0 spiro atoms. The molecule has 0 saturated heterocycles. The molecule has 0 fully saturated rings. The van der Waals surface area contributed by atoms with E-state index < -0.39 is 0 Å². The molecule has 2 rings (SSSR count). The van der Waals surface area contributed by atoms with E-state index in [2.05, 4.69) is 44.3 Å². The molecule has 3 heteroatoms. The van der Waals surface area contributed by atoms with Crippen molar-refractivity contribution >= 4 is 5.69 Å². The molecule has 0 saturated carbocycles. The van der Waals surface area contributed by atoms with Crippen molar-refractivity contribution in [1.29, 1.82) is 0 Å². The topological polar surface area (TPSA) is 30.5 Å². The Hall–Kier alpha value is -2.16. The monoisotopic (exact) mass is 313 g/mol. The average Bonchev–Trinajstić information content (AvgIpc) is 2.59. The summed E-state index contributed by atoms with van der Waals surface area (Å²) in [5.74, 6) is 1.84. The summed E-state index contributed by atoms with van der Waals surface area (Å²) in [4.78, 5) is 0. The van der Waals surface area contributed by atoms with E-state index in [1.54, 1.807) is 0 Å². The largest absolute Gasteiger partial charge is 0.494 e. The molecule has 0 aliphatic rings. The minimum atomic E-state index is 0.234. The van der Waals surface area contributed by atoms with Crippen LogP contribution in [0.3, 0.4) is 0 Å². The fourth-order valence-electron chi connectivity index (χ4n) is 2.16. The van der Waals surface area contributed by atoms with E-state index in [4.69, 9.17) is 9.47 Å². The van der Waals surface area contributed by atoms with Crippen LogP contribution >= 0.6 is 0 Å². The second-order valence-corrected chi connectivity index (χ2v) is 5.71. The van der Waals surface area contributed by atoms with Gasteiger partial charge in [-0.2, -0.15) is 0 Å². The Morgan fingerprint density at radius 1 is 1.00 bits per heavy atom. The number of rotatable bonds is 9. The van der Waals surface area contributed by atoms with Crippen molar-refractivity contribution in [1.82, 2.24) is 0 Å². The number of hydrogen-bond donors (Lipinski definition) is 1. The maximum absolute atomic E-state index is 5.86. The second kappa shape index (κ2) is 9.09. The van der Waals surface area contributed by atoms with Crippen LogP contribution in [-0.2, 0) is 6.54 Å². The quantitative estimate of drug-likeness (QED) is 0.684. The van der Waals surface area contributed by atoms with E-state index in [0.717, 1.165) is 43.2 Å². The fourth-order valence-corrected chi connectivity index (χ4v) is 2.16. The minimum absolute atomic E-state index is 0.234. The van der Waals surface area contributed by atoms with Crippen LogP contribution < -0.4 is 14.8 Å². The van der Waals surface area contributed by atoms with Crippen molar-refractivity contribution < 1.29 is 9.47 Å². The van der Waals surface area contributed by atoms with Crippen LogP contribution in [0.25, 0.3) is 0 Å². The average molecular weight is 313 g/mol. The van der Waals surface area contributed by atoms with Gasteiger partial charge in [-0.25, -0.2) is 0 Å². The Morgan fingerprint density at radius 3 is 2.57 bits per heavy atom. The fraction of sp³-hybridized carbons (Fsp3) is 0.400. The standard InChI is InChI=1S/C20H27NO2/c1-4-12-22-19-10-6-8-17(13-19)15-21-18-9-7-11-20(14-18)23-16(3)5-2/h6-11,13-14,16,21H,4-5,12,15H2,1-3H3/t16-/m1/s1. The molecule has 0 aliphatic carbocycles. The smallest absolute Gasteiger partial charge is 0.121 e. The Bertz CT molecular complexity index is 598. The molecule has 3 nitrogen and oxygen atoms in total. The molecule has 1 atom stereocenters. The number of hydrogen-bond acceptors (Lipinski definition) is 3. The Kier molecular flexibility index (Phi) is 6.79. The van der Waals surface area contributed by atoms with Crippen molar-refractivity contribution in [3.8, 4) is 11.5 Å². The van der Waals surface area contributed by atoms with Gasteiger partial charge in [0.2, 0.25) is 0 Å². The summed E-state index contributed by atoms with van der Waals surface area (Å²) in [6, 6.07) is 16.3. The third-order valence-corrected chi connectivity index (χ3v) is 3.61. The zero-order valence-corrected chi connectivity index (χ0v) is 14.3. The van der Waals surface area contributed by atoms with Crippen molar-refractivity contribution in [2.45, 2.75) is 46.3 Å². The molecule has 0 aliphatic heterocycles. The van der Waals surface area contributed by atoms with Crippen LogP contribution in [0.15, 0.2) is 48.5 Å². The second-order valence-electron chi connectivity index (χ2n) is 5.71. The van der Waals surface area contributed by atoms with E-state index in [1.807, 2.05) is 30.3 Å². The molecule has 23 heavy (non-hydrogen) atoms. The van der Waals surface area contributed by atoms with Crippen LogP contribution in [0.1, 0.15) is 39.2 Å². The third-order valence-electron chi connectivity index (χ3n) is 3.61. The van der Waals surface area contributed by atoms with Crippen molar-refractivity contribution in [3.63, 3.8) is 0 Å². The lowest BCUT2D eigenvalue weighted by Crippen LogP contribution is -2.09. The van der Waals surface area contributed by atoms with Gasteiger partial charge in [0.05, 0.1) is 12.7 Å². The molecule has 0 heterocycles. The molecule has 124 valence electrons. The predicted octanol–water partition coefficient (Wildman–Crippen LogP) is 5.26. The SMILES string of the molecule is CCCOc1cccc(CNc2cccc(O[C@H](C)CC)c2)c1. The lowest BCUT2D eigenvalue weighted by molar-refractivity contribution is 0.217. The predicted molar refractivity (Wildman–Crippen MR) is 96.4 cm³/mol. The molecular formula is C20H27NO2. The summed E-state index contributed by atoms with van der Waals surface area (Å²) in [6.45, 7) is 7.84. The van der Waals surface area contributed by atoms with Gasteiger partial charge in [-0.15, -0.1) is 0 Å². The summed E-state index contributed by atoms with van der Waals surface area (Å²) < 4.78 is 11.5. The van der Waals surface area contributed by atoms with Crippen LogP contribution in [0, 0.1) is 0 Å². The molecule has 2 aromatic rings. The molecule has 0 unspecified atom stereocenters. The van der Waals surface area contributed by atoms with Crippen molar-refractivity contribution in [2.75, 3.05) is 11.9 Å². The van der Waals surface area contributed by atoms with Crippen LogP contribution in [0.4, 0.5) is 5.69 Å². The lowest BCUT2D eigenvalue weighted by Gasteiger charge is -2.14. The zero-order chi connectivity index (χ0) is 16.5. The first kappa shape index (κ1) is 17.2. The van der Waals surface area contributed by atoms with E-state index in [-0.39, 0.29) is 6.10 Å². The number of ether oxygens (including phenoxy) is 2. The number of nitrogens with one attached hydrogen (secondary N) is 1. The minimum Gasteiger partial charge on any atom is -0.494 e. The Labute approximate surface area is 139 Å². The van der Waals surface area contributed by atoms with Crippen LogP contribution in [0.2, 0.25) is 0 Å². The van der Waals surface area contributed by atoms with Crippen LogP contribution in [-0.4, -0.2) is 12.7 Å². The molecule has 0 amide bonds. The zero-order valence-electron chi connectivity index (χ0n) is 14.3. The normalized spacial score (nSPS) is 11.8. The summed E-state index contributed by atoms with van der Waals surface area (Å²) in [7, 11) is 0. The lowest BCUT2D eigenvalue weighted by atomic mass is 10.2. The van der Waals surface area contributed by atoms with E-state index >= 15 is 0 Å². The molecule has 2 aromatic carbocycles. The summed E-state index contributed by atoms with van der Waals surface area (Å²) >= 11 is 0. The molecule has 0 radical (unpaired) electrons. The molecule has 0 bridgehead atoms. The number of benzene rings is 2. The van der Waals surface area contributed by atoms with Gasteiger partial charge in [0.1, 0.15) is 11.5 Å². The Balaban J connectivity index is 1.94. The first-order valence-electron chi connectivity index (χ1n) is 8.43. The summed E-state index contributed by atoms with van der Waals surface area (Å²) in [6.07, 6.45) is 2.26. The summed E-state index contributed by atoms with van der Waals surface area (Å²) in [5, 5.41) is 3.44. The van der Waals surface area contributed by atoms with Gasteiger partial charge < -0.3 is 14.8 Å². The van der Waals surface area contributed by atoms with Gasteiger partial charge >= 0.3 is 0 Å². The molecular weight excluding hydrogens is 286 g/mol. The van der Waals surface area contributed by atoms with Gasteiger partial charge in [-0.1, -0.05) is 32.0 Å². The highest BCUT2D eigenvalue weighted by atomic mass is 16.5. The first-order chi connectivity index (χ1) is 11.2. The van der Waals surface area contributed by atoms with Gasteiger partial charge in [-0.05, 0) is 49.6 Å². The maximum atomic E-state index is 5.86.